The van der Waals surface area contributed by atoms with Gasteiger partial charge in [0.15, 0.2) is 5.65 Å². The number of hydrogen-bond donors (Lipinski definition) is 1. The van der Waals surface area contributed by atoms with Crippen LogP contribution in [-0.2, 0) is 19.6 Å². The van der Waals surface area contributed by atoms with E-state index in [9.17, 15) is 18.0 Å². The van der Waals surface area contributed by atoms with Crippen molar-refractivity contribution in [1.29, 1.82) is 0 Å². The van der Waals surface area contributed by atoms with Gasteiger partial charge in [-0.2, -0.15) is 4.98 Å². The predicted molar refractivity (Wildman–Crippen MR) is 148 cm³/mol. The van der Waals surface area contributed by atoms with Crippen LogP contribution in [0.3, 0.4) is 0 Å². The highest BCUT2D eigenvalue weighted by molar-refractivity contribution is 7.90. The van der Waals surface area contributed by atoms with Crippen LogP contribution >= 0.6 is 0 Å². The number of amides is 1. The van der Waals surface area contributed by atoms with Gasteiger partial charge in [0.05, 0.1) is 11.1 Å². The normalized spacial score (nSPS) is 15.0. The molecule has 1 aromatic carbocycles. The molecule has 0 bridgehead atoms. The van der Waals surface area contributed by atoms with Crippen molar-refractivity contribution in [1.82, 2.24) is 23.9 Å². The molecule has 0 radical (unpaired) electrons. The molecule has 0 unspecified atom stereocenters. The minimum Gasteiger partial charge on any atom is -0.444 e. The zero-order valence-corrected chi connectivity index (χ0v) is 23.9. The second-order valence-corrected chi connectivity index (χ2v) is 12.6. The van der Waals surface area contributed by atoms with E-state index in [0.29, 0.717) is 42.4 Å². The number of esters is 1. The number of rotatable bonds is 5. The SMILES string of the molecule is CC(=O)Oc1nc2cnc3c(ccn3S(=O)(=O)c3ccc(C)cc3)c2n1N1CCC(NC(=O)OC(C)(C)C)CC1. The van der Waals surface area contributed by atoms with E-state index in [-0.39, 0.29) is 22.6 Å². The molecule has 1 amide bonds. The highest BCUT2D eigenvalue weighted by atomic mass is 32.2. The Morgan fingerprint density at radius 3 is 2.38 bits per heavy atom. The number of carbonyl (C=O) groups excluding carboxylic acids is 2. The summed E-state index contributed by atoms with van der Waals surface area (Å²) in [5, 5.41) is 5.42. The van der Waals surface area contributed by atoms with Crippen molar-refractivity contribution in [3.05, 3.63) is 48.3 Å². The van der Waals surface area contributed by atoms with Gasteiger partial charge in [-0.25, -0.2) is 26.8 Å². The largest absolute Gasteiger partial charge is 0.444 e. The standard InChI is InChI=1S/C27H32N6O6S/c1-17-6-8-20(9-7-17)40(36,37)32-15-12-21-23-22(16-28-24(21)32)30-25(38-18(2)34)33(23)31-13-10-19(11-14-31)29-26(35)39-27(3,4)5/h6-9,12,15-16,19H,10-11,13-14H2,1-5H3,(H,29,35). The Kier molecular flexibility index (Phi) is 6.94. The van der Waals surface area contributed by atoms with Crippen LogP contribution in [0, 0.1) is 6.92 Å². The molecule has 5 rings (SSSR count). The van der Waals surface area contributed by atoms with Gasteiger partial charge in [0.2, 0.25) is 0 Å². The van der Waals surface area contributed by atoms with E-state index in [0.717, 1.165) is 9.54 Å². The van der Waals surface area contributed by atoms with E-state index in [2.05, 4.69) is 15.3 Å². The molecule has 40 heavy (non-hydrogen) atoms. The second-order valence-electron chi connectivity index (χ2n) is 10.8. The zero-order valence-electron chi connectivity index (χ0n) is 23.0. The van der Waals surface area contributed by atoms with Crippen molar-refractivity contribution in [2.24, 2.45) is 0 Å². The molecule has 1 aliphatic rings. The number of piperidine rings is 1. The number of aromatic nitrogens is 4. The molecule has 4 heterocycles. The summed E-state index contributed by atoms with van der Waals surface area (Å²) in [7, 11) is -3.92. The van der Waals surface area contributed by atoms with E-state index in [1.54, 1.807) is 35.0 Å². The smallest absolute Gasteiger partial charge is 0.407 e. The first-order valence-corrected chi connectivity index (χ1v) is 14.4. The number of carbonyl (C=O) groups is 2. The lowest BCUT2D eigenvalue weighted by atomic mass is 10.1. The summed E-state index contributed by atoms with van der Waals surface area (Å²) in [6, 6.07) is 8.24. The fourth-order valence-electron chi connectivity index (χ4n) is 4.75. The van der Waals surface area contributed by atoms with Gasteiger partial charge in [-0.1, -0.05) is 17.7 Å². The Bertz CT molecular complexity index is 1690. The molecule has 212 valence electrons. The van der Waals surface area contributed by atoms with Gasteiger partial charge in [-0.05, 0) is 58.7 Å². The van der Waals surface area contributed by atoms with Gasteiger partial charge in [-0.15, -0.1) is 0 Å². The Balaban J connectivity index is 1.51. The summed E-state index contributed by atoms with van der Waals surface area (Å²) >= 11 is 0. The predicted octanol–water partition coefficient (Wildman–Crippen LogP) is 3.48. The van der Waals surface area contributed by atoms with Crippen molar-refractivity contribution < 1.29 is 27.5 Å². The minimum absolute atomic E-state index is 0.0597. The number of fused-ring (bicyclic) bond motifs is 3. The van der Waals surface area contributed by atoms with Crippen molar-refractivity contribution in [2.75, 3.05) is 18.1 Å². The summed E-state index contributed by atoms with van der Waals surface area (Å²) in [5.74, 6) is -0.540. The third-order valence-corrected chi connectivity index (χ3v) is 8.21. The number of benzene rings is 1. The van der Waals surface area contributed by atoms with Crippen molar-refractivity contribution in [2.45, 2.75) is 64.0 Å². The molecule has 0 spiro atoms. The lowest BCUT2D eigenvalue weighted by Crippen LogP contribution is -2.49. The van der Waals surface area contributed by atoms with Gasteiger partial charge < -0.3 is 19.8 Å². The van der Waals surface area contributed by atoms with Gasteiger partial charge in [0, 0.05) is 37.6 Å². The Hall–Kier alpha value is -4.13. The van der Waals surface area contributed by atoms with Gasteiger partial charge in [0.1, 0.15) is 16.6 Å². The molecular formula is C27H32N6O6S. The maximum Gasteiger partial charge on any atom is 0.407 e. The lowest BCUT2D eigenvalue weighted by molar-refractivity contribution is -0.132. The number of alkyl carbamates (subject to hydrolysis) is 1. The average molecular weight is 569 g/mol. The van der Waals surface area contributed by atoms with Crippen LogP contribution in [0.2, 0.25) is 0 Å². The molecule has 12 nitrogen and oxygen atoms in total. The van der Waals surface area contributed by atoms with E-state index < -0.39 is 27.7 Å². The Labute approximate surface area is 231 Å². The van der Waals surface area contributed by atoms with E-state index in [4.69, 9.17) is 9.47 Å². The summed E-state index contributed by atoms with van der Waals surface area (Å²) < 4.78 is 40.7. The van der Waals surface area contributed by atoms with Crippen molar-refractivity contribution in [3.63, 3.8) is 0 Å². The topological polar surface area (TPSA) is 138 Å². The third-order valence-electron chi connectivity index (χ3n) is 6.53. The molecule has 0 aliphatic carbocycles. The van der Waals surface area contributed by atoms with Crippen LogP contribution in [0.25, 0.3) is 22.1 Å². The second kappa shape index (κ2) is 10.1. The fraction of sp³-hybridized carbons (Fsp3) is 0.407. The molecule has 1 N–H and O–H groups in total. The summed E-state index contributed by atoms with van der Waals surface area (Å²) in [4.78, 5) is 33.3. The van der Waals surface area contributed by atoms with Gasteiger partial charge >= 0.3 is 18.1 Å². The zero-order chi connectivity index (χ0) is 28.8. The highest BCUT2D eigenvalue weighted by Gasteiger charge is 2.29. The average Bonchev–Trinajstić information content (AvgIpc) is 3.45. The van der Waals surface area contributed by atoms with Crippen LogP contribution in [0.5, 0.6) is 6.01 Å². The lowest BCUT2D eigenvalue weighted by Gasteiger charge is -2.35. The monoisotopic (exact) mass is 568 g/mol. The van der Waals surface area contributed by atoms with E-state index in [1.807, 2.05) is 32.7 Å². The maximum absolute atomic E-state index is 13.5. The molecule has 0 atom stereocenters. The van der Waals surface area contributed by atoms with Gasteiger partial charge in [-0.3, -0.25) is 4.79 Å². The molecular weight excluding hydrogens is 536 g/mol. The van der Waals surface area contributed by atoms with E-state index in [1.165, 1.54) is 19.3 Å². The molecule has 0 saturated carbocycles. The third kappa shape index (κ3) is 5.33. The van der Waals surface area contributed by atoms with Crippen LogP contribution in [0.1, 0.15) is 46.1 Å². The van der Waals surface area contributed by atoms with Crippen LogP contribution in [-0.4, -0.2) is 63.8 Å². The molecule has 1 saturated heterocycles. The van der Waals surface area contributed by atoms with Crippen LogP contribution < -0.4 is 15.1 Å². The van der Waals surface area contributed by atoms with Gasteiger partial charge in [0.25, 0.3) is 10.0 Å². The minimum atomic E-state index is -3.92. The number of imidazole rings is 1. The molecule has 1 aliphatic heterocycles. The first kappa shape index (κ1) is 27.4. The number of nitrogens with zero attached hydrogens (tertiary/aromatic N) is 5. The number of hydrogen-bond acceptors (Lipinski definition) is 9. The first-order valence-electron chi connectivity index (χ1n) is 13.0. The maximum atomic E-state index is 13.5. The van der Waals surface area contributed by atoms with E-state index >= 15 is 0 Å². The highest BCUT2D eigenvalue weighted by Crippen LogP contribution is 2.31. The molecule has 1 fully saturated rings. The summed E-state index contributed by atoms with van der Waals surface area (Å²) in [5.41, 5.74) is 1.59. The van der Waals surface area contributed by atoms with Crippen molar-refractivity contribution in [3.8, 4) is 6.01 Å². The summed E-state index contributed by atoms with van der Waals surface area (Å²) in [6.07, 6.45) is 3.68. The number of aryl methyl sites for hydroxylation is 1. The Morgan fingerprint density at radius 1 is 1.07 bits per heavy atom. The quantitative estimate of drug-likeness (QED) is 0.359. The van der Waals surface area contributed by atoms with Crippen LogP contribution in [0.4, 0.5) is 4.79 Å². The summed E-state index contributed by atoms with van der Waals surface area (Å²) in [6.45, 7) is 9.62. The number of pyridine rings is 1. The molecule has 13 heteroatoms. The number of nitrogens with one attached hydrogen (secondary N) is 1. The van der Waals surface area contributed by atoms with Crippen molar-refractivity contribution >= 4 is 44.2 Å². The molecule has 3 aromatic heterocycles. The fourth-order valence-corrected chi connectivity index (χ4v) is 6.05. The first-order chi connectivity index (χ1) is 18.8. The Morgan fingerprint density at radius 2 is 1.75 bits per heavy atom. The van der Waals surface area contributed by atoms with Crippen LogP contribution in [0.15, 0.2) is 47.6 Å². The number of ether oxygens (including phenoxy) is 2. The molecule has 4 aromatic rings.